The van der Waals surface area contributed by atoms with Gasteiger partial charge in [-0.25, -0.2) is 4.79 Å². The highest BCUT2D eigenvalue weighted by Crippen LogP contribution is 2.22. The van der Waals surface area contributed by atoms with Crippen molar-refractivity contribution in [2.75, 3.05) is 6.54 Å². The van der Waals surface area contributed by atoms with E-state index >= 15 is 0 Å². The zero-order chi connectivity index (χ0) is 25.2. The molecule has 4 aromatic carbocycles. The fraction of sp³-hybridized carbons (Fsp3) is 0.188. The van der Waals surface area contributed by atoms with Crippen LogP contribution in [0.3, 0.4) is 0 Å². The molecule has 4 nitrogen and oxygen atoms in total. The quantitative estimate of drug-likeness (QED) is 0.263. The lowest BCUT2D eigenvalue weighted by Crippen LogP contribution is -2.32. The Hall–Kier alpha value is -4.18. The van der Waals surface area contributed by atoms with Crippen molar-refractivity contribution < 1.29 is 14.7 Å². The summed E-state index contributed by atoms with van der Waals surface area (Å²) in [6, 6.07) is 35.5. The number of aromatic carboxylic acids is 1. The Labute approximate surface area is 212 Å². The summed E-state index contributed by atoms with van der Waals surface area (Å²) in [5.74, 6) is -0.779. The van der Waals surface area contributed by atoms with E-state index in [1.165, 1.54) is 11.1 Å². The Balaban J connectivity index is 1.46. The molecule has 0 heterocycles. The lowest BCUT2D eigenvalue weighted by Gasteiger charge is -2.23. The van der Waals surface area contributed by atoms with Crippen LogP contribution in [0.4, 0.5) is 0 Å². The van der Waals surface area contributed by atoms with E-state index in [-0.39, 0.29) is 11.5 Å². The zero-order valence-electron chi connectivity index (χ0n) is 20.3. The van der Waals surface area contributed by atoms with Crippen molar-refractivity contribution in [2.24, 2.45) is 0 Å². The summed E-state index contributed by atoms with van der Waals surface area (Å²) in [4.78, 5) is 26.4. The number of hydrogen-bond donors (Lipinski definition) is 1. The average Bonchev–Trinajstić information content (AvgIpc) is 2.92. The summed E-state index contributed by atoms with van der Waals surface area (Å²) >= 11 is 0. The number of carbonyl (C=O) groups is 2. The van der Waals surface area contributed by atoms with E-state index in [0.29, 0.717) is 19.5 Å². The lowest BCUT2D eigenvalue weighted by molar-refractivity contribution is -0.131. The molecule has 4 aromatic rings. The number of amides is 1. The number of rotatable bonds is 11. The minimum atomic E-state index is -0.935. The SMILES string of the molecule is O=C(O)c1ccc(-c2cccc(CN(CCCc3ccccc3)C(=O)CCc3ccccc3)c2)cc1. The van der Waals surface area contributed by atoms with Gasteiger partial charge in [-0.1, -0.05) is 91.0 Å². The molecule has 0 saturated carbocycles. The molecule has 0 spiro atoms. The molecule has 182 valence electrons. The molecular weight excluding hydrogens is 446 g/mol. The number of carboxylic acids is 1. The molecule has 0 aliphatic rings. The van der Waals surface area contributed by atoms with Crippen LogP contribution in [0.1, 0.15) is 39.9 Å². The molecule has 0 aliphatic heterocycles. The highest BCUT2D eigenvalue weighted by atomic mass is 16.4. The fourth-order valence-corrected chi connectivity index (χ4v) is 4.34. The van der Waals surface area contributed by atoms with Crippen molar-refractivity contribution in [3.05, 3.63) is 131 Å². The molecule has 0 fully saturated rings. The summed E-state index contributed by atoms with van der Waals surface area (Å²) in [5, 5.41) is 9.16. The maximum atomic E-state index is 13.3. The molecule has 0 radical (unpaired) electrons. The third-order valence-electron chi connectivity index (χ3n) is 6.32. The van der Waals surface area contributed by atoms with Crippen molar-refractivity contribution >= 4 is 11.9 Å². The summed E-state index contributed by atoms with van der Waals surface area (Å²) < 4.78 is 0. The molecule has 0 bridgehead atoms. The van der Waals surface area contributed by atoms with Gasteiger partial charge in [0.15, 0.2) is 0 Å². The predicted molar refractivity (Wildman–Crippen MR) is 144 cm³/mol. The largest absolute Gasteiger partial charge is 0.478 e. The molecule has 1 N–H and O–H groups in total. The third kappa shape index (κ3) is 7.16. The van der Waals surface area contributed by atoms with Crippen molar-refractivity contribution in [3.8, 4) is 11.1 Å². The van der Waals surface area contributed by atoms with Gasteiger partial charge in [0.05, 0.1) is 5.56 Å². The van der Waals surface area contributed by atoms with E-state index < -0.39 is 5.97 Å². The second-order valence-corrected chi connectivity index (χ2v) is 8.97. The van der Waals surface area contributed by atoms with Crippen LogP contribution in [0.2, 0.25) is 0 Å². The van der Waals surface area contributed by atoms with E-state index in [4.69, 9.17) is 5.11 Å². The van der Waals surface area contributed by atoms with Crippen molar-refractivity contribution in [1.29, 1.82) is 0 Å². The number of hydrogen-bond acceptors (Lipinski definition) is 2. The Kier molecular flexibility index (Phi) is 8.66. The molecule has 0 unspecified atom stereocenters. The van der Waals surface area contributed by atoms with Gasteiger partial charge in [-0.05, 0) is 65.3 Å². The second kappa shape index (κ2) is 12.5. The van der Waals surface area contributed by atoms with E-state index in [1.807, 2.05) is 71.6 Å². The number of nitrogens with zero attached hydrogens (tertiary/aromatic N) is 1. The lowest BCUT2D eigenvalue weighted by atomic mass is 10.0. The molecule has 1 amide bonds. The molecule has 36 heavy (non-hydrogen) atoms. The first-order chi connectivity index (χ1) is 17.6. The van der Waals surface area contributed by atoms with Gasteiger partial charge in [0.2, 0.25) is 5.91 Å². The fourth-order valence-electron chi connectivity index (χ4n) is 4.34. The predicted octanol–water partition coefficient (Wildman–Crippen LogP) is 6.65. The second-order valence-electron chi connectivity index (χ2n) is 8.97. The first-order valence-electron chi connectivity index (χ1n) is 12.4. The van der Waals surface area contributed by atoms with Crippen molar-refractivity contribution in [2.45, 2.75) is 32.2 Å². The van der Waals surface area contributed by atoms with Crippen LogP contribution in [0.5, 0.6) is 0 Å². The maximum Gasteiger partial charge on any atom is 0.335 e. The highest BCUT2D eigenvalue weighted by molar-refractivity contribution is 5.88. The summed E-state index contributed by atoms with van der Waals surface area (Å²) in [7, 11) is 0. The van der Waals surface area contributed by atoms with Crippen LogP contribution in [-0.4, -0.2) is 28.4 Å². The summed E-state index contributed by atoms with van der Waals surface area (Å²) in [6.45, 7) is 1.24. The highest BCUT2D eigenvalue weighted by Gasteiger charge is 2.15. The van der Waals surface area contributed by atoms with Crippen LogP contribution in [0, 0.1) is 0 Å². The maximum absolute atomic E-state index is 13.3. The Morgan fingerprint density at radius 1 is 0.639 bits per heavy atom. The molecule has 4 rings (SSSR count). The number of aryl methyl sites for hydroxylation is 2. The van der Waals surface area contributed by atoms with Crippen LogP contribution in [0.25, 0.3) is 11.1 Å². The van der Waals surface area contributed by atoms with Gasteiger partial charge >= 0.3 is 5.97 Å². The van der Waals surface area contributed by atoms with Gasteiger partial charge in [-0.3, -0.25) is 4.79 Å². The number of carboxylic acid groups (broad SMARTS) is 1. The minimum Gasteiger partial charge on any atom is -0.478 e. The van der Waals surface area contributed by atoms with Gasteiger partial charge < -0.3 is 10.0 Å². The first-order valence-corrected chi connectivity index (χ1v) is 12.4. The number of benzene rings is 4. The van der Waals surface area contributed by atoms with E-state index in [9.17, 15) is 9.59 Å². The summed E-state index contributed by atoms with van der Waals surface area (Å²) in [5.41, 5.74) is 5.73. The third-order valence-corrected chi connectivity index (χ3v) is 6.32. The molecule has 0 saturated heterocycles. The van der Waals surface area contributed by atoms with E-state index in [1.54, 1.807) is 12.1 Å². The summed E-state index contributed by atoms with van der Waals surface area (Å²) in [6.07, 6.45) is 3.03. The van der Waals surface area contributed by atoms with Crippen LogP contribution >= 0.6 is 0 Å². The molecule has 0 aliphatic carbocycles. The Bertz CT molecular complexity index is 1270. The first kappa shape index (κ1) is 24.9. The van der Waals surface area contributed by atoms with E-state index in [2.05, 4.69) is 30.3 Å². The molecule has 4 heteroatoms. The molecular formula is C32H31NO3. The van der Waals surface area contributed by atoms with Crippen LogP contribution in [-0.2, 0) is 24.2 Å². The van der Waals surface area contributed by atoms with Crippen molar-refractivity contribution in [3.63, 3.8) is 0 Å². The van der Waals surface area contributed by atoms with Crippen molar-refractivity contribution in [1.82, 2.24) is 4.90 Å². The molecule has 0 atom stereocenters. The van der Waals surface area contributed by atoms with Gasteiger partial charge in [-0.2, -0.15) is 0 Å². The Morgan fingerprint density at radius 3 is 1.89 bits per heavy atom. The van der Waals surface area contributed by atoms with Gasteiger partial charge in [0.1, 0.15) is 0 Å². The zero-order valence-corrected chi connectivity index (χ0v) is 20.3. The van der Waals surface area contributed by atoms with E-state index in [0.717, 1.165) is 36.0 Å². The smallest absolute Gasteiger partial charge is 0.335 e. The van der Waals surface area contributed by atoms with Crippen LogP contribution < -0.4 is 0 Å². The standard InChI is InChI=1S/C32H31NO3/c34-31(21-16-26-11-5-2-6-12-26)33(22-8-14-25-9-3-1-4-10-25)24-27-13-7-15-30(23-27)28-17-19-29(20-18-28)32(35)36/h1-7,9-13,15,17-20,23H,8,14,16,21-22,24H2,(H,35,36). The topological polar surface area (TPSA) is 57.6 Å². The molecule has 0 aromatic heterocycles. The normalized spacial score (nSPS) is 10.7. The van der Waals surface area contributed by atoms with Gasteiger partial charge in [0, 0.05) is 19.5 Å². The average molecular weight is 478 g/mol. The van der Waals surface area contributed by atoms with Gasteiger partial charge in [0.25, 0.3) is 0 Å². The van der Waals surface area contributed by atoms with Crippen LogP contribution in [0.15, 0.2) is 109 Å². The Morgan fingerprint density at radius 2 is 1.25 bits per heavy atom. The van der Waals surface area contributed by atoms with Gasteiger partial charge in [-0.15, -0.1) is 0 Å². The monoisotopic (exact) mass is 477 g/mol. The minimum absolute atomic E-state index is 0.156. The number of carbonyl (C=O) groups excluding carboxylic acids is 1.